The van der Waals surface area contributed by atoms with E-state index in [1.165, 1.54) is 180 Å². The first-order valence-electron chi connectivity index (χ1n) is 38.5. The maximum atomic E-state index is 13.5. The molecule has 0 spiro atoms. The standard InChI is InChI=1S/C77H139NO18/c1-3-5-7-9-11-13-15-17-19-21-23-25-26-27-28-29-30-31-32-33-34-35-37-39-41-43-45-47-49-51-53-55-65(83)78-60(61(82)54-52-50-48-46-44-42-40-38-36-24-22-20-18-16-14-12-10-8-6-4-2)59-91-75-71(89)68(86)73(63(57-80)93-75)96-77-72(90)69(87)74(64(58-81)94-77)95-76-70(88)67(85)66(84)62(56-79)92-76/h5,7,11,13,17,19,23,25,27-28,60-64,66-77,79-82,84-90H,3-4,6,8-10,12,14-16,18,20-22,24,26,29-59H2,1-2H3,(H,78,83)/b7-5-,13-11-,19-17-,25-23-,28-27-. The predicted octanol–water partition coefficient (Wildman–Crippen LogP) is 11.9. The predicted molar refractivity (Wildman–Crippen MR) is 379 cm³/mol. The molecule has 3 fully saturated rings. The van der Waals surface area contributed by atoms with E-state index in [-0.39, 0.29) is 18.9 Å². The Labute approximate surface area is 579 Å². The number of nitrogens with one attached hydrogen (secondary N) is 1. The van der Waals surface area contributed by atoms with Crippen molar-refractivity contribution in [2.75, 3.05) is 26.4 Å². The summed E-state index contributed by atoms with van der Waals surface area (Å²) in [5, 5.41) is 121. The molecule has 1 amide bonds. The van der Waals surface area contributed by atoms with E-state index in [4.69, 9.17) is 28.4 Å². The molecule has 19 nitrogen and oxygen atoms in total. The van der Waals surface area contributed by atoms with Gasteiger partial charge >= 0.3 is 0 Å². The van der Waals surface area contributed by atoms with Gasteiger partial charge in [0.25, 0.3) is 0 Å². The van der Waals surface area contributed by atoms with E-state index in [2.05, 4.69) is 79.9 Å². The number of hydrogen-bond acceptors (Lipinski definition) is 18. The Morgan fingerprint density at radius 2 is 0.719 bits per heavy atom. The van der Waals surface area contributed by atoms with E-state index >= 15 is 0 Å². The normalized spacial score (nSPS) is 27.4. The van der Waals surface area contributed by atoms with Gasteiger partial charge in [0, 0.05) is 6.42 Å². The van der Waals surface area contributed by atoms with E-state index in [1.807, 2.05) is 0 Å². The number of rotatable bonds is 60. The Balaban J connectivity index is 1.37. The van der Waals surface area contributed by atoms with Gasteiger partial charge in [-0.2, -0.15) is 0 Å². The quantitative estimate of drug-likeness (QED) is 0.0199. The van der Waals surface area contributed by atoms with Crippen molar-refractivity contribution in [3.63, 3.8) is 0 Å². The first-order valence-corrected chi connectivity index (χ1v) is 38.5. The van der Waals surface area contributed by atoms with Gasteiger partial charge in [-0.1, -0.05) is 286 Å². The van der Waals surface area contributed by atoms with Crippen molar-refractivity contribution in [2.24, 2.45) is 0 Å². The number of amides is 1. The third-order valence-corrected chi connectivity index (χ3v) is 19.1. The van der Waals surface area contributed by atoms with E-state index in [1.54, 1.807) is 0 Å². The summed E-state index contributed by atoms with van der Waals surface area (Å²) in [7, 11) is 0. The maximum absolute atomic E-state index is 13.5. The number of unbranched alkanes of at least 4 members (excludes halogenated alkanes) is 34. The van der Waals surface area contributed by atoms with Gasteiger partial charge in [-0.05, 0) is 57.8 Å². The summed E-state index contributed by atoms with van der Waals surface area (Å²) in [6, 6.07) is -0.890. The SMILES string of the molecule is CC/C=C\C/C=C\C/C=C\C/C=C\C/C=C\CCCCCCCCCCCCCCCCCC(=O)NC(COC1OC(CO)C(OC2OC(CO)C(OC3OC(CO)C(O)C(O)C3O)C(O)C2O)C(O)C1O)C(O)CCCCCCCCCCCCCCCCCCCCCC. The molecule has 19 heteroatoms. The van der Waals surface area contributed by atoms with Gasteiger partial charge in [-0.3, -0.25) is 4.79 Å². The fraction of sp³-hybridized carbons (Fsp3) is 0.857. The number of aliphatic hydroxyl groups excluding tert-OH is 11. The van der Waals surface area contributed by atoms with E-state index in [9.17, 15) is 61.0 Å². The molecule has 0 radical (unpaired) electrons. The van der Waals surface area contributed by atoms with Crippen molar-refractivity contribution in [1.29, 1.82) is 0 Å². The second kappa shape index (κ2) is 58.0. The summed E-state index contributed by atoms with van der Waals surface area (Å²) in [5.74, 6) is -0.241. The highest BCUT2D eigenvalue weighted by molar-refractivity contribution is 5.76. The molecule has 0 aromatic rings. The second-order valence-corrected chi connectivity index (χ2v) is 27.4. The van der Waals surface area contributed by atoms with Gasteiger partial charge in [-0.15, -0.1) is 0 Å². The fourth-order valence-electron chi connectivity index (χ4n) is 12.9. The summed E-state index contributed by atoms with van der Waals surface area (Å²) in [6.45, 7) is 1.72. The number of aliphatic hydroxyl groups is 11. The van der Waals surface area contributed by atoms with Crippen LogP contribution in [-0.2, 0) is 33.2 Å². The van der Waals surface area contributed by atoms with Gasteiger partial charge in [0.2, 0.25) is 5.91 Å². The molecule has 3 aliphatic rings. The molecule has 3 heterocycles. The van der Waals surface area contributed by atoms with Crippen molar-refractivity contribution in [1.82, 2.24) is 5.32 Å². The largest absolute Gasteiger partial charge is 0.394 e. The number of carbonyl (C=O) groups is 1. The summed E-state index contributed by atoms with van der Waals surface area (Å²) in [4.78, 5) is 13.5. The van der Waals surface area contributed by atoms with E-state index < -0.39 is 124 Å². The van der Waals surface area contributed by atoms with Crippen molar-refractivity contribution in [2.45, 2.75) is 394 Å². The number of hydrogen-bond donors (Lipinski definition) is 12. The molecule has 0 aromatic heterocycles. The van der Waals surface area contributed by atoms with Crippen LogP contribution in [0.2, 0.25) is 0 Å². The van der Waals surface area contributed by atoms with Crippen LogP contribution in [0.25, 0.3) is 0 Å². The summed E-state index contributed by atoms with van der Waals surface area (Å²) in [6.07, 6.45) is 45.8. The molecule has 3 saturated heterocycles. The molecule has 0 aromatic carbocycles. The van der Waals surface area contributed by atoms with Gasteiger partial charge < -0.3 is 89.9 Å². The van der Waals surface area contributed by atoms with Crippen LogP contribution < -0.4 is 5.32 Å². The highest BCUT2D eigenvalue weighted by Crippen LogP contribution is 2.33. The number of ether oxygens (including phenoxy) is 6. The van der Waals surface area contributed by atoms with Crippen LogP contribution in [0.15, 0.2) is 60.8 Å². The topological polar surface area (TPSA) is 307 Å². The lowest BCUT2D eigenvalue weighted by Crippen LogP contribution is -2.66. The smallest absolute Gasteiger partial charge is 0.220 e. The van der Waals surface area contributed by atoms with Crippen LogP contribution in [0.3, 0.4) is 0 Å². The highest BCUT2D eigenvalue weighted by atomic mass is 16.8. The Morgan fingerprint density at radius 1 is 0.385 bits per heavy atom. The van der Waals surface area contributed by atoms with Crippen LogP contribution >= 0.6 is 0 Å². The van der Waals surface area contributed by atoms with Crippen molar-refractivity contribution < 1.29 is 89.4 Å². The molecular weight excluding hydrogens is 1230 g/mol. The second-order valence-electron chi connectivity index (χ2n) is 27.4. The van der Waals surface area contributed by atoms with Gasteiger partial charge in [0.05, 0.1) is 38.6 Å². The molecule has 0 bridgehead atoms. The Bertz CT molecular complexity index is 1970. The zero-order valence-electron chi connectivity index (χ0n) is 59.6. The average molecular weight is 1370 g/mol. The Kier molecular flexibility index (Phi) is 53.0. The molecule has 560 valence electrons. The highest BCUT2D eigenvalue weighted by Gasteiger charge is 2.53. The maximum Gasteiger partial charge on any atom is 0.220 e. The van der Waals surface area contributed by atoms with Crippen molar-refractivity contribution in [3.05, 3.63) is 60.8 Å². The molecule has 12 N–H and O–H groups in total. The first kappa shape index (κ1) is 87.7. The van der Waals surface area contributed by atoms with E-state index in [0.29, 0.717) is 12.8 Å². The monoisotopic (exact) mass is 1370 g/mol. The van der Waals surface area contributed by atoms with Crippen LogP contribution in [-0.4, -0.2) is 193 Å². The fourth-order valence-corrected chi connectivity index (χ4v) is 12.9. The van der Waals surface area contributed by atoms with Gasteiger partial charge in [-0.25, -0.2) is 0 Å². The first-order chi connectivity index (χ1) is 46.8. The van der Waals surface area contributed by atoms with Crippen LogP contribution in [0.4, 0.5) is 0 Å². The zero-order chi connectivity index (χ0) is 69.6. The lowest BCUT2D eigenvalue weighted by molar-refractivity contribution is -0.379. The third kappa shape index (κ3) is 38.5. The Hall–Kier alpha value is -2.51. The van der Waals surface area contributed by atoms with Crippen LogP contribution in [0.5, 0.6) is 0 Å². The summed E-state index contributed by atoms with van der Waals surface area (Å²) < 4.78 is 34.5. The molecule has 3 rings (SSSR count). The van der Waals surface area contributed by atoms with E-state index in [0.717, 1.165) is 77.0 Å². The minimum Gasteiger partial charge on any atom is -0.394 e. The molecule has 96 heavy (non-hydrogen) atoms. The number of allylic oxidation sites excluding steroid dienone is 10. The lowest BCUT2D eigenvalue weighted by atomic mass is 9.96. The molecule has 0 saturated carbocycles. The summed E-state index contributed by atoms with van der Waals surface area (Å²) in [5.41, 5.74) is 0. The lowest BCUT2D eigenvalue weighted by Gasteiger charge is -2.48. The number of carbonyl (C=O) groups excluding carboxylic acids is 1. The van der Waals surface area contributed by atoms with Crippen LogP contribution in [0.1, 0.15) is 290 Å². The van der Waals surface area contributed by atoms with Crippen molar-refractivity contribution in [3.8, 4) is 0 Å². The molecule has 3 aliphatic heterocycles. The molecule has 17 unspecified atom stereocenters. The molecular formula is C77H139NO18. The molecule has 0 aliphatic carbocycles. The minimum atomic E-state index is -1.97. The minimum absolute atomic E-state index is 0.241. The average Bonchev–Trinajstić information content (AvgIpc) is 0.786. The summed E-state index contributed by atoms with van der Waals surface area (Å²) >= 11 is 0. The van der Waals surface area contributed by atoms with Crippen molar-refractivity contribution >= 4 is 5.91 Å². The zero-order valence-corrected chi connectivity index (χ0v) is 59.6. The molecule has 17 atom stereocenters. The third-order valence-electron chi connectivity index (χ3n) is 19.1. The van der Waals surface area contributed by atoms with Gasteiger partial charge in [0.15, 0.2) is 18.9 Å². The van der Waals surface area contributed by atoms with Gasteiger partial charge in [0.1, 0.15) is 73.2 Å². The Morgan fingerprint density at radius 3 is 1.12 bits per heavy atom. The van der Waals surface area contributed by atoms with Crippen LogP contribution in [0, 0.1) is 0 Å².